The third-order valence-electron chi connectivity index (χ3n) is 4.19. The second kappa shape index (κ2) is 4.04. The lowest BCUT2D eigenvalue weighted by Gasteiger charge is -2.36. The van der Waals surface area contributed by atoms with Gasteiger partial charge in [-0.15, -0.1) is 0 Å². The predicted molar refractivity (Wildman–Crippen MR) is 66.0 cm³/mol. The lowest BCUT2D eigenvalue weighted by Crippen LogP contribution is -2.29. The predicted octanol–water partition coefficient (Wildman–Crippen LogP) is 2.60. The number of nitrogens with two attached hydrogens (primary N) is 1. The van der Waals surface area contributed by atoms with Crippen molar-refractivity contribution in [1.29, 1.82) is 0 Å². The first kappa shape index (κ1) is 11.4. The Bertz CT molecular complexity index is 385. The number of fused-ring (bicyclic) bond motifs is 1. The van der Waals surface area contributed by atoms with Crippen molar-refractivity contribution >= 4 is 5.95 Å². The zero-order valence-corrected chi connectivity index (χ0v) is 10.5. The molecular formula is C13H21N3. The van der Waals surface area contributed by atoms with Crippen LogP contribution in [0.4, 0.5) is 5.95 Å². The maximum Gasteiger partial charge on any atom is 0.220 e. The van der Waals surface area contributed by atoms with Crippen molar-refractivity contribution in [2.24, 2.45) is 11.3 Å². The van der Waals surface area contributed by atoms with Crippen LogP contribution in [0.1, 0.15) is 44.9 Å². The van der Waals surface area contributed by atoms with Gasteiger partial charge in [-0.05, 0) is 36.2 Å². The molecule has 1 aromatic rings. The number of hydrogen-bond donors (Lipinski definition) is 1. The Labute approximate surface area is 97.5 Å². The third-order valence-corrected chi connectivity index (χ3v) is 4.19. The first-order chi connectivity index (χ1) is 7.53. The molecule has 0 radical (unpaired) electrons. The average molecular weight is 219 g/mol. The van der Waals surface area contributed by atoms with Crippen LogP contribution >= 0.6 is 0 Å². The van der Waals surface area contributed by atoms with Crippen LogP contribution in [0.25, 0.3) is 0 Å². The van der Waals surface area contributed by atoms with Gasteiger partial charge in [0.15, 0.2) is 0 Å². The van der Waals surface area contributed by atoms with E-state index in [1.54, 1.807) is 0 Å². The zero-order valence-electron chi connectivity index (χ0n) is 10.5. The second-order valence-corrected chi connectivity index (χ2v) is 5.48. The van der Waals surface area contributed by atoms with E-state index in [9.17, 15) is 0 Å². The molecule has 2 N–H and O–H groups in total. The highest BCUT2D eigenvalue weighted by Gasteiger charge is 2.31. The van der Waals surface area contributed by atoms with Gasteiger partial charge in [-0.3, -0.25) is 0 Å². The molecule has 1 heterocycles. The van der Waals surface area contributed by atoms with Crippen LogP contribution in [0, 0.1) is 11.3 Å². The molecule has 0 aliphatic heterocycles. The fraction of sp³-hybridized carbons (Fsp3) is 0.692. The molecule has 1 atom stereocenters. The number of aromatic nitrogens is 2. The molecule has 2 rings (SSSR count). The molecular weight excluding hydrogens is 198 g/mol. The van der Waals surface area contributed by atoms with Crippen molar-refractivity contribution in [2.45, 2.75) is 46.5 Å². The molecule has 3 heteroatoms. The van der Waals surface area contributed by atoms with Crippen LogP contribution in [-0.4, -0.2) is 9.97 Å². The number of nitrogen functional groups attached to an aromatic ring is 1. The first-order valence-corrected chi connectivity index (χ1v) is 6.13. The zero-order chi connectivity index (χ0) is 11.8. The number of anilines is 1. The van der Waals surface area contributed by atoms with Gasteiger partial charge in [0.05, 0.1) is 0 Å². The summed E-state index contributed by atoms with van der Waals surface area (Å²) in [6.07, 6.45) is 6.52. The van der Waals surface area contributed by atoms with Gasteiger partial charge in [0.2, 0.25) is 5.95 Å². The molecule has 16 heavy (non-hydrogen) atoms. The quantitative estimate of drug-likeness (QED) is 0.831. The van der Waals surface area contributed by atoms with Crippen LogP contribution in [-0.2, 0) is 12.8 Å². The number of nitrogens with zero attached hydrogens (tertiary/aromatic N) is 2. The van der Waals surface area contributed by atoms with Gasteiger partial charge in [0.1, 0.15) is 0 Å². The molecule has 3 nitrogen and oxygen atoms in total. The van der Waals surface area contributed by atoms with E-state index in [0.29, 0.717) is 11.4 Å². The Morgan fingerprint density at radius 1 is 1.50 bits per heavy atom. The van der Waals surface area contributed by atoms with E-state index in [0.717, 1.165) is 24.5 Å². The SMILES string of the molecule is CCC(C)(C)C1CCc2nc(N)ncc2C1. The third kappa shape index (κ3) is 2.04. The van der Waals surface area contributed by atoms with E-state index < -0.39 is 0 Å². The van der Waals surface area contributed by atoms with Crippen LogP contribution in [0.3, 0.4) is 0 Å². The summed E-state index contributed by atoms with van der Waals surface area (Å²) >= 11 is 0. The van der Waals surface area contributed by atoms with Gasteiger partial charge in [0.25, 0.3) is 0 Å². The van der Waals surface area contributed by atoms with Crippen LogP contribution < -0.4 is 5.73 Å². The summed E-state index contributed by atoms with van der Waals surface area (Å²) in [5.41, 5.74) is 8.48. The molecule has 0 fully saturated rings. The fourth-order valence-electron chi connectivity index (χ4n) is 2.48. The molecule has 1 unspecified atom stereocenters. The largest absolute Gasteiger partial charge is 0.368 e. The molecule has 0 aromatic carbocycles. The van der Waals surface area contributed by atoms with Crippen molar-refractivity contribution in [3.05, 3.63) is 17.5 Å². The fourth-order valence-corrected chi connectivity index (χ4v) is 2.48. The van der Waals surface area contributed by atoms with E-state index in [-0.39, 0.29) is 0 Å². The summed E-state index contributed by atoms with van der Waals surface area (Å²) in [6.45, 7) is 7.00. The minimum atomic E-state index is 0.409. The highest BCUT2D eigenvalue weighted by molar-refractivity contribution is 5.27. The summed E-state index contributed by atoms with van der Waals surface area (Å²) in [4.78, 5) is 8.42. The maximum absolute atomic E-state index is 5.61. The molecule has 1 aliphatic rings. The maximum atomic E-state index is 5.61. The molecule has 0 saturated carbocycles. The van der Waals surface area contributed by atoms with Crippen molar-refractivity contribution in [3.63, 3.8) is 0 Å². The molecule has 0 saturated heterocycles. The summed E-state index contributed by atoms with van der Waals surface area (Å²) in [6, 6.07) is 0. The standard InChI is InChI=1S/C13H21N3/c1-4-13(2,3)10-5-6-11-9(7-10)8-15-12(14)16-11/h8,10H,4-7H2,1-3H3,(H2,14,15,16). The number of aryl methyl sites for hydroxylation is 1. The number of rotatable bonds is 2. The van der Waals surface area contributed by atoms with Gasteiger partial charge in [-0.1, -0.05) is 27.2 Å². The minimum absolute atomic E-state index is 0.409. The minimum Gasteiger partial charge on any atom is -0.368 e. The lowest BCUT2D eigenvalue weighted by atomic mass is 9.69. The number of hydrogen-bond acceptors (Lipinski definition) is 3. The summed E-state index contributed by atoms with van der Waals surface area (Å²) in [5.74, 6) is 1.16. The van der Waals surface area contributed by atoms with Gasteiger partial charge < -0.3 is 5.73 Å². The summed E-state index contributed by atoms with van der Waals surface area (Å²) in [5, 5.41) is 0. The molecule has 0 amide bonds. The monoisotopic (exact) mass is 219 g/mol. The molecule has 1 aromatic heterocycles. The Kier molecular flexibility index (Phi) is 2.87. The highest BCUT2D eigenvalue weighted by atomic mass is 15.0. The van der Waals surface area contributed by atoms with Gasteiger partial charge in [0, 0.05) is 11.9 Å². The van der Waals surface area contributed by atoms with Gasteiger partial charge in [-0.25, -0.2) is 9.97 Å². The molecule has 1 aliphatic carbocycles. The molecule has 88 valence electrons. The Balaban J connectivity index is 2.21. The molecule has 0 bridgehead atoms. The van der Waals surface area contributed by atoms with Crippen LogP contribution in [0.15, 0.2) is 6.20 Å². The van der Waals surface area contributed by atoms with Crippen molar-refractivity contribution in [3.8, 4) is 0 Å². The topological polar surface area (TPSA) is 51.8 Å². The van der Waals surface area contributed by atoms with Crippen molar-refractivity contribution < 1.29 is 0 Å². The first-order valence-electron chi connectivity index (χ1n) is 6.13. The van der Waals surface area contributed by atoms with E-state index in [2.05, 4.69) is 30.7 Å². The average Bonchev–Trinajstić information content (AvgIpc) is 2.28. The lowest BCUT2D eigenvalue weighted by molar-refractivity contribution is 0.182. The van der Waals surface area contributed by atoms with Crippen LogP contribution in [0.2, 0.25) is 0 Å². The van der Waals surface area contributed by atoms with E-state index in [1.807, 2.05) is 6.20 Å². The second-order valence-electron chi connectivity index (χ2n) is 5.48. The van der Waals surface area contributed by atoms with E-state index in [4.69, 9.17) is 5.73 Å². The van der Waals surface area contributed by atoms with Crippen molar-refractivity contribution in [1.82, 2.24) is 9.97 Å². The van der Waals surface area contributed by atoms with E-state index >= 15 is 0 Å². The van der Waals surface area contributed by atoms with Crippen molar-refractivity contribution in [2.75, 3.05) is 5.73 Å². The van der Waals surface area contributed by atoms with E-state index in [1.165, 1.54) is 18.4 Å². The van der Waals surface area contributed by atoms with Gasteiger partial charge >= 0.3 is 0 Å². The molecule has 0 spiro atoms. The Morgan fingerprint density at radius 2 is 2.25 bits per heavy atom. The summed E-state index contributed by atoms with van der Waals surface area (Å²) < 4.78 is 0. The normalized spacial score (nSPS) is 20.6. The highest BCUT2D eigenvalue weighted by Crippen LogP contribution is 2.39. The Morgan fingerprint density at radius 3 is 2.94 bits per heavy atom. The van der Waals surface area contributed by atoms with Crippen LogP contribution in [0.5, 0.6) is 0 Å². The van der Waals surface area contributed by atoms with Gasteiger partial charge in [-0.2, -0.15) is 0 Å². The smallest absolute Gasteiger partial charge is 0.220 e. The summed E-state index contributed by atoms with van der Waals surface area (Å²) in [7, 11) is 0. The Hall–Kier alpha value is -1.12.